The summed E-state index contributed by atoms with van der Waals surface area (Å²) in [5.41, 5.74) is 2.23. The number of thiazole rings is 1. The van der Waals surface area contributed by atoms with E-state index < -0.39 is 9.05 Å². The van der Waals surface area contributed by atoms with Gasteiger partial charge in [0.2, 0.25) is 0 Å². The lowest BCUT2D eigenvalue weighted by molar-refractivity contribution is 0.530. The molecule has 2 aromatic rings. The summed E-state index contributed by atoms with van der Waals surface area (Å²) in [7, 11) is 1.40. The largest absolute Gasteiger partial charge is 0.296 e. The van der Waals surface area contributed by atoms with Crippen molar-refractivity contribution in [3.63, 3.8) is 0 Å². The van der Waals surface area contributed by atoms with Crippen molar-refractivity contribution in [3.05, 3.63) is 10.9 Å². The summed E-state index contributed by atoms with van der Waals surface area (Å²) < 4.78 is 24.2. The van der Waals surface area contributed by atoms with E-state index in [4.69, 9.17) is 10.7 Å². The molecule has 0 aliphatic heterocycles. The van der Waals surface area contributed by atoms with Gasteiger partial charge in [0, 0.05) is 22.1 Å². The molecule has 0 unspecified atom stereocenters. The quantitative estimate of drug-likeness (QED) is 0.808. The monoisotopic (exact) mass is 292 g/mol. The molecule has 0 radical (unpaired) electrons. The number of halogens is 1. The molecule has 0 amide bonds. The topological polar surface area (TPSA) is 77.7 Å². The van der Waals surface area contributed by atoms with E-state index in [1.807, 2.05) is 13.8 Å². The summed E-state index contributed by atoms with van der Waals surface area (Å²) in [5, 5.41) is 8.98. The smallest absolute Gasteiger partial charge is 0.293 e. The van der Waals surface area contributed by atoms with Crippen molar-refractivity contribution in [2.75, 3.05) is 0 Å². The Bertz CT molecular complexity index is 618. The molecule has 0 aliphatic rings. The summed E-state index contributed by atoms with van der Waals surface area (Å²) in [6.07, 6.45) is 0. The van der Waals surface area contributed by atoms with Crippen LogP contribution in [0, 0.1) is 0 Å². The van der Waals surface area contributed by atoms with E-state index in [-0.39, 0.29) is 11.2 Å². The van der Waals surface area contributed by atoms with E-state index in [1.165, 1.54) is 15.9 Å². The molecular formula is C8H9ClN4O2S2. The minimum Gasteiger partial charge on any atom is -0.293 e. The first-order valence-corrected chi connectivity index (χ1v) is 7.94. The molecule has 9 heteroatoms. The van der Waals surface area contributed by atoms with Gasteiger partial charge in [-0.15, -0.1) is 21.5 Å². The van der Waals surface area contributed by atoms with Crippen LogP contribution in [0.25, 0.3) is 11.5 Å². The van der Waals surface area contributed by atoms with Gasteiger partial charge in [-0.3, -0.25) is 4.57 Å². The fraction of sp³-hybridized carbons (Fsp3) is 0.375. The fourth-order valence-electron chi connectivity index (χ4n) is 1.41. The van der Waals surface area contributed by atoms with E-state index in [9.17, 15) is 8.42 Å². The zero-order valence-corrected chi connectivity index (χ0v) is 11.4. The average molecular weight is 293 g/mol. The highest BCUT2D eigenvalue weighted by Crippen LogP contribution is 2.25. The lowest BCUT2D eigenvalue weighted by Crippen LogP contribution is -2.10. The van der Waals surface area contributed by atoms with Crippen molar-refractivity contribution in [2.24, 2.45) is 0 Å². The molecule has 0 bridgehead atoms. The Morgan fingerprint density at radius 3 is 2.59 bits per heavy atom. The van der Waals surface area contributed by atoms with E-state index in [1.54, 1.807) is 10.9 Å². The third-order valence-corrected chi connectivity index (χ3v) is 3.78. The van der Waals surface area contributed by atoms with Crippen molar-refractivity contribution in [3.8, 4) is 11.5 Å². The van der Waals surface area contributed by atoms with Crippen LogP contribution in [0.1, 0.15) is 19.9 Å². The summed E-state index contributed by atoms with van der Waals surface area (Å²) >= 11 is 1.40. The third-order valence-electron chi connectivity index (χ3n) is 2.06. The van der Waals surface area contributed by atoms with Crippen LogP contribution < -0.4 is 0 Å². The highest BCUT2D eigenvalue weighted by Gasteiger charge is 2.25. The predicted molar refractivity (Wildman–Crippen MR) is 64.6 cm³/mol. The van der Waals surface area contributed by atoms with Crippen LogP contribution in [-0.2, 0) is 9.05 Å². The minimum absolute atomic E-state index is 0.134. The second-order valence-electron chi connectivity index (χ2n) is 3.58. The Morgan fingerprint density at radius 2 is 2.12 bits per heavy atom. The van der Waals surface area contributed by atoms with E-state index in [0.29, 0.717) is 11.5 Å². The highest BCUT2D eigenvalue weighted by atomic mass is 35.7. The van der Waals surface area contributed by atoms with Crippen LogP contribution in [0.4, 0.5) is 0 Å². The Morgan fingerprint density at radius 1 is 1.41 bits per heavy atom. The van der Waals surface area contributed by atoms with E-state index in [0.717, 1.165) is 0 Å². The van der Waals surface area contributed by atoms with Gasteiger partial charge in [-0.25, -0.2) is 13.4 Å². The van der Waals surface area contributed by atoms with Crippen molar-refractivity contribution in [1.29, 1.82) is 0 Å². The Labute approximate surface area is 107 Å². The normalized spacial score (nSPS) is 12.2. The van der Waals surface area contributed by atoms with Crippen LogP contribution in [0.3, 0.4) is 0 Å². The molecule has 0 fully saturated rings. The molecular weight excluding hydrogens is 284 g/mol. The maximum atomic E-state index is 11.4. The van der Waals surface area contributed by atoms with Gasteiger partial charge in [-0.05, 0) is 13.8 Å². The molecule has 0 saturated carbocycles. The number of rotatable bonds is 3. The summed E-state index contributed by atoms with van der Waals surface area (Å²) in [4.78, 5) is 4.08. The highest BCUT2D eigenvalue weighted by molar-refractivity contribution is 8.13. The lowest BCUT2D eigenvalue weighted by Gasteiger charge is -2.10. The van der Waals surface area contributed by atoms with Crippen molar-refractivity contribution in [2.45, 2.75) is 25.0 Å². The molecule has 0 aromatic carbocycles. The second kappa shape index (κ2) is 4.35. The average Bonchev–Trinajstić information content (AvgIpc) is 2.84. The zero-order valence-electron chi connectivity index (χ0n) is 9.03. The summed E-state index contributed by atoms with van der Waals surface area (Å²) in [5.74, 6) is 0.403. The van der Waals surface area contributed by atoms with Gasteiger partial charge in [-0.2, -0.15) is 0 Å². The number of nitrogens with zero attached hydrogens (tertiary/aromatic N) is 4. The second-order valence-corrected chi connectivity index (χ2v) is 6.76. The first-order valence-electron chi connectivity index (χ1n) is 4.69. The third kappa shape index (κ3) is 2.33. The van der Waals surface area contributed by atoms with Crippen molar-refractivity contribution >= 4 is 31.1 Å². The Balaban J connectivity index is 2.68. The van der Waals surface area contributed by atoms with Crippen LogP contribution in [-0.4, -0.2) is 28.2 Å². The van der Waals surface area contributed by atoms with Gasteiger partial charge in [0.1, 0.15) is 5.69 Å². The van der Waals surface area contributed by atoms with Gasteiger partial charge < -0.3 is 0 Å². The fourth-order valence-corrected chi connectivity index (χ4v) is 2.92. The molecule has 2 heterocycles. The van der Waals surface area contributed by atoms with Crippen molar-refractivity contribution < 1.29 is 8.42 Å². The van der Waals surface area contributed by atoms with Gasteiger partial charge >= 0.3 is 0 Å². The molecule has 2 rings (SSSR count). The first kappa shape index (κ1) is 12.5. The number of hydrogen-bond donors (Lipinski definition) is 0. The maximum absolute atomic E-state index is 11.4. The van der Waals surface area contributed by atoms with E-state index in [2.05, 4.69) is 15.2 Å². The molecule has 2 aromatic heterocycles. The van der Waals surface area contributed by atoms with Gasteiger partial charge in [-0.1, -0.05) is 0 Å². The predicted octanol–water partition coefficient (Wildman–Crippen LogP) is 1.91. The first-order chi connectivity index (χ1) is 7.91. The molecule has 0 spiro atoms. The molecule has 92 valence electrons. The molecule has 0 atom stereocenters. The Hall–Kier alpha value is -0.990. The number of hydrogen-bond acceptors (Lipinski definition) is 6. The van der Waals surface area contributed by atoms with Crippen LogP contribution in [0.2, 0.25) is 0 Å². The maximum Gasteiger partial charge on any atom is 0.296 e. The molecule has 6 nitrogen and oxygen atoms in total. The van der Waals surface area contributed by atoms with Gasteiger partial charge in [0.15, 0.2) is 5.82 Å². The van der Waals surface area contributed by atoms with Gasteiger partial charge in [0.05, 0.1) is 5.51 Å². The SMILES string of the molecule is CC(C)n1c(-c2cscn2)nnc1S(=O)(=O)Cl. The Kier molecular flexibility index (Phi) is 3.19. The molecule has 0 N–H and O–H groups in total. The van der Waals surface area contributed by atoms with Crippen LogP contribution >= 0.6 is 22.0 Å². The molecule has 0 saturated heterocycles. The number of aromatic nitrogens is 4. The minimum atomic E-state index is -3.91. The van der Waals surface area contributed by atoms with Crippen LogP contribution in [0.5, 0.6) is 0 Å². The van der Waals surface area contributed by atoms with Gasteiger partial charge in [0.25, 0.3) is 14.2 Å². The molecule has 0 aliphatic carbocycles. The zero-order chi connectivity index (χ0) is 12.6. The van der Waals surface area contributed by atoms with Crippen molar-refractivity contribution in [1.82, 2.24) is 19.7 Å². The summed E-state index contributed by atoms with van der Waals surface area (Å²) in [6.45, 7) is 3.65. The van der Waals surface area contributed by atoms with Crippen LogP contribution in [0.15, 0.2) is 16.0 Å². The van der Waals surface area contributed by atoms with E-state index >= 15 is 0 Å². The summed E-state index contributed by atoms with van der Waals surface area (Å²) in [6, 6.07) is -0.134. The lowest BCUT2D eigenvalue weighted by atomic mass is 10.3. The standard InChI is InChI=1S/C8H9ClN4O2S2/c1-5(2)13-7(6-3-16-4-10-6)11-12-8(13)17(9,14)15/h3-5H,1-2H3. The molecule has 17 heavy (non-hydrogen) atoms.